The maximum absolute atomic E-state index is 14.2. The number of hydrogen-bond acceptors (Lipinski definition) is 6. The monoisotopic (exact) mass is 479 g/mol. The molecule has 2 aromatic rings. The summed E-state index contributed by atoms with van der Waals surface area (Å²) < 4.78 is 45.4. The fraction of sp³-hybridized carbons (Fsp3) is 0.318. The Morgan fingerprint density at radius 2 is 1.61 bits per heavy atom. The molecule has 33 heavy (non-hydrogen) atoms. The second-order valence-electron chi connectivity index (χ2n) is 7.13. The maximum atomic E-state index is 14.2. The molecule has 0 atom stereocenters. The highest BCUT2D eigenvalue weighted by Gasteiger charge is 2.25. The van der Waals surface area contributed by atoms with Crippen molar-refractivity contribution in [3.63, 3.8) is 0 Å². The van der Waals surface area contributed by atoms with Gasteiger partial charge in [0.2, 0.25) is 10.0 Å². The SMILES string of the molecule is CCN(CC)S(=O)(=O)c1ccc(F)c(C(=O)OCC(=O)Nc2ccc(C(=O)N(C)C)cc2)c1. The summed E-state index contributed by atoms with van der Waals surface area (Å²) in [5.74, 6) is -3.04. The van der Waals surface area contributed by atoms with Crippen LogP contribution in [0.1, 0.15) is 34.6 Å². The van der Waals surface area contributed by atoms with Crippen molar-refractivity contribution in [1.29, 1.82) is 0 Å². The summed E-state index contributed by atoms with van der Waals surface area (Å²) in [7, 11) is -0.678. The molecular formula is C22H26FN3O6S. The largest absolute Gasteiger partial charge is 0.452 e. The van der Waals surface area contributed by atoms with E-state index in [1.165, 1.54) is 33.5 Å². The summed E-state index contributed by atoms with van der Waals surface area (Å²) in [6, 6.07) is 8.90. The number of halogens is 1. The number of ether oxygens (including phenoxy) is 1. The highest BCUT2D eigenvalue weighted by atomic mass is 32.2. The van der Waals surface area contributed by atoms with Gasteiger partial charge in [-0.3, -0.25) is 9.59 Å². The minimum Gasteiger partial charge on any atom is -0.452 e. The standard InChI is InChI=1S/C22H26FN3O6S/c1-5-26(6-2)33(30,31)17-11-12-19(23)18(13-17)22(29)32-14-20(27)24-16-9-7-15(8-10-16)21(28)25(3)4/h7-13H,5-6,14H2,1-4H3,(H,24,27). The Balaban J connectivity index is 2.05. The fourth-order valence-corrected chi connectivity index (χ4v) is 4.38. The molecule has 0 aliphatic heterocycles. The Hall–Kier alpha value is -3.31. The highest BCUT2D eigenvalue weighted by molar-refractivity contribution is 7.89. The summed E-state index contributed by atoms with van der Waals surface area (Å²) >= 11 is 0. The summed E-state index contributed by atoms with van der Waals surface area (Å²) in [6.07, 6.45) is 0. The van der Waals surface area contributed by atoms with Crippen molar-refractivity contribution in [1.82, 2.24) is 9.21 Å². The average Bonchev–Trinajstić information content (AvgIpc) is 2.78. The molecule has 0 fully saturated rings. The van der Waals surface area contributed by atoms with Gasteiger partial charge in [0, 0.05) is 38.4 Å². The van der Waals surface area contributed by atoms with E-state index in [2.05, 4.69) is 5.32 Å². The molecule has 0 spiro atoms. The van der Waals surface area contributed by atoms with Crippen molar-refractivity contribution in [2.45, 2.75) is 18.7 Å². The van der Waals surface area contributed by atoms with Gasteiger partial charge in [0.15, 0.2) is 6.61 Å². The molecule has 2 amide bonds. The molecule has 0 unspecified atom stereocenters. The van der Waals surface area contributed by atoms with Gasteiger partial charge in [0.1, 0.15) is 5.82 Å². The van der Waals surface area contributed by atoms with E-state index in [1.54, 1.807) is 27.9 Å². The van der Waals surface area contributed by atoms with Crippen LogP contribution in [0.4, 0.5) is 10.1 Å². The first kappa shape index (κ1) is 25.9. The van der Waals surface area contributed by atoms with Crippen LogP contribution in [-0.4, -0.2) is 69.2 Å². The average molecular weight is 480 g/mol. The molecule has 178 valence electrons. The van der Waals surface area contributed by atoms with Gasteiger partial charge in [0.05, 0.1) is 10.5 Å². The van der Waals surface area contributed by atoms with E-state index in [0.717, 1.165) is 18.2 Å². The van der Waals surface area contributed by atoms with Gasteiger partial charge in [-0.05, 0) is 42.5 Å². The summed E-state index contributed by atoms with van der Waals surface area (Å²) in [6.45, 7) is 3.02. The predicted molar refractivity (Wildman–Crippen MR) is 120 cm³/mol. The van der Waals surface area contributed by atoms with E-state index in [0.29, 0.717) is 11.3 Å². The first-order valence-electron chi connectivity index (χ1n) is 10.1. The Labute approximate surface area is 192 Å². The quantitative estimate of drug-likeness (QED) is 0.553. The van der Waals surface area contributed by atoms with Crippen LogP contribution < -0.4 is 5.32 Å². The third kappa shape index (κ3) is 6.36. The number of carbonyl (C=O) groups excluding carboxylic acids is 3. The summed E-state index contributed by atoms with van der Waals surface area (Å²) in [4.78, 5) is 37.4. The van der Waals surface area contributed by atoms with E-state index in [1.807, 2.05) is 0 Å². The Bertz CT molecular complexity index is 1130. The molecular weight excluding hydrogens is 453 g/mol. The number of esters is 1. The molecule has 2 rings (SSSR count). The third-order valence-corrected chi connectivity index (χ3v) is 6.70. The lowest BCUT2D eigenvalue weighted by Crippen LogP contribution is -2.30. The molecule has 0 bridgehead atoms. The summed E-state index contributed by atoms with van der Waals surface area (Å²) in [5, 5.41) is 2.49. The number of benzene rings is 2. The van der Waals surface area contributed by atoms with Crippen LogP contribution >= 0.6 is 0 Å². The topological polar surface area (TPSA) is 113 Å². The number of nitrogens with zero attached hydrogens (tertiary/aromatic N) is 2. The van der Waals surface area contributed by atoms with Crippen molar-refractivity contribution < 1.29 is 31.9 Å². The van der Waals surface area contributed by atoms with Crippen LogP contribution in [0.3, 0.4) is 0 Å². The van der Waals surface area contributed by atoms with Crippen molar-refractivity contribution in [3.05, 3.63) is 59.4 Å². The van der Waals surface area contributed by atoms with E-state index in [4.69, 9.17) is 4.74 Å². The number of hydrogen-bond donors (Lipinski definition) is 1. The maximum Gasteiger partial charge on any atom is 0.341 e. The molecule has 0 aromatic heterocycles. The van der Waals surface area contributed by atoms with Crippen LogP contribution in [0.5, 0.6) is 0 Å². The Morgan fingerprint density at radius 3 is 2.15 bits per heavy atom. The normalized spacial score (nSPS) is 11.2. The minimum absolute atomic E-state index is 0.200. The zero-order chi connectivity index (χ0) is 24.8. The lowest BCUT2D eigenvalue weighted by Gasteiger charge is -2.18. The number of nitrogens with one attached hydrogen (secondary N) is 1. The molecule has 2 aromatic carbocycles. The highest BCUT2D eigenvalue weighted by Crippen LogP contribution is 2.20. The van der Waals surface area contributed by atoms with Crippen LogP contribution in [0, 0.1) is 5.82 Å². The zero-order valence-corrected chi connectivity index (χ0v) is 19.6. The predicted octanol–water partition coefficient (Wildman–Crippen LogP) is 2.35. The second kappa shape index (κ2) is 11.0. The van der Waals surface area contributed by atoms with E-state index in [9.17, 15) is 27.2 Å². The van der Waals surface area contributed by atoms with Crippen molar-refractivity contribution in [3.8, 4) is 0 Å². The first-order valence-corrected chi connectivity index (χ1v) is 11.5. The number of amides is 2. The van der Waals surface area contributed by atoms with Crippen LogP contribution in [0.2, 0.25) is 0 Å². The van der Waals surface area contributed by atoms with Gasteiger partial charge >= 0.3 is 5.97 Å². The van der Waals surface area contributed by atoms with Gasteiger partial charge in [-0.1, -0.05) is 13.8 Å². The van der Waals surface area contributed by atoms with Crippen molar-refractivity contribution in [2.24, 2.45) is 0 Å². The van der Waals surface area contributed by atoms with Gasteiger partial charge in [-0.25, -0.2) is 17.6 Å². The third-order valence-electron chi connectivity index (χ3n) is 4.66. The molecule has 9 nitrogen and oxygen atoms in total. The van der Waals surface area contributed by atoms with E-state index >= 15 is 0 Å². The minimum atomic E-state index is -3.91. The molecule has 0 saturated heterocycles. The van der Waals surface area contributed by atoms with Crippen LogP contribution in [0.15, 0.2) is 47.4 Å². The van der Waals surface area contributed by atoms with E-state index < -0.39 is 39.9 Å². The van der Waals surface area contributed by atoms with Crippen LogP contribution in [0.25, 0.3) is 0 Å². The lowest BCUT2D eigenvalue weighted by molar-refractivity contribution is -0.119. The van der Waals surface area contributed by atoms with E-state index in [-0.39, 0.29) is 23.9 Å². The Morgan fingerprint density at radius 1 is 1.00 bits per heavy atom. The number of anilines is 1. The van der Waals surface area contributed by atoms with Gasteiger partial charge < -0.3 is 15.0 Å². The molecule has 1 N–H and O–H groups in total. The molecule has 0 aliphatic rings. The van der Waals surface area contributed by atoms with Crippen molar-refractivity contribution >= 4 is 33.5 Å². The smallest absolute Gasteiger partial charge is 0.341 e. The fourth-order valence-electron chi connectivity index (χ4n) is 2.89. The molecule has 0 radical (unpaired) electrons. The molecule has 11 heteroatoms. The zero-order valence-electron chi connectivity index (χ0n) is 18.8. The number of sulfonamides is 1. The van der Waals surface area contributed by atoms with Gasteiger partial charge in [0.25, 0.3) is 11.8 Å². The Kier molecular flexibility index (Phi) is 8.66. The lowest BCUT2D eigenvalue weighted by atomic mass is 10.2. The summed E-state index contributed by atoms with van der Waals surface area (Å²) in [5.41, 5.74) is 0.201. The van der Waals surface area contributed by atoms with Gasteiger partial charge in [-0.15, -0.1) is 0 Å². The number of carbonyl (C=O) groups is 3. The van der Waals surface area contributed by atoms with Crippen molar-refractivity contribution in [2.75, 3.05) is 39.1 Å². The first-order chi connectivity index (χ1) is 15.5. The molecule has 0 heterocycles. The molecule has 0 saturated carbocycles. The van der Waals surface area contributed by atoms with Crippen LogP contribution in [-0.2, 0) is 19.6 Å². The molecule has 0 aliphatic carbocycles. The second-order valence-corrected chi connectivity index (χ2v) is 9.07. The van der Waals surface area contributed by atoms with Gasteiger partial charge in [-0.2, -0.15) is 4.31 Å². The number of rotatable bonds is 9.